The Morgan fingerprint density at radius 1 is 0.875 bits per heavy atom. The highest BCUT2D eigenvalue weighted by atomic mass is 16.5. The van der Waals surface area contributed by atoms with Crippen LogP contribution in [0, 0.1) is 13.8 Å². The molecule has 0 aromatic heterocycles. The number of nitrogens with zero attached hydrogens (tertiary/aromatic N) is 1. The predicted octanol–water partition coefficient (Wildman–Crippen LogP) is 4.55. The number of barbiturate groups is 1. The molecule has 1 heterocycles. The van der Waals surface area contributed by atoms with Gasteiger partial charge in [0.1, 0.15) is 17.9 Å². The van der Waals surface area contributed by atoms with Gasteiger partial charge in [-0.3, -0.25) is 14.9 Å². The first-order chi connectivity index (χ1) is 15.4. The number of benzene rings is 3. The summed E-state index contributed by atoms with van der Waals surface area (Å²) in [7, 11) is 0. The predicted molar refractivity (Wildman–Crippen MR) is 122 cm³/mol. The molecule has 0 spiro atoms. The molecule has 32 heavy (non-hydrogen) atoms. The maximum atomic E-state index is 13.2. The molecule has 1 aliphatic rings. The van der Waals surface area contributed by atoms with Gasteiger partial charge in [-0.25, -0.2) is 9.69 Å². The molecule has 3 aromatic rings. The molecule has 4 rings (SSSR count). The van der Waals surface area contributed by atoms with Crippen molar-refractivity contribution in [2.24, 2.45) is 0 Å². The van der Waals surface area contributed by atoms with Crippen LogP contribution in [0.15, 0.2) is 78.4 Å². The molecule has 0 bridgehead atoms. The molecule has 160 valence electrons. The van der Waals surface area contributed by atoms with E-state index in [4.69, 9.17) is 4.74 Å². The van der Waals surface area contributed by atoms with E-state index in [1.165, 1.54) is 6.08 Å². The molecule has 0 unspecified atom stereocenters. The summed E-state index contributed by atoms with van der Waals surface area (Å²) < 4.78 is 5.96. The minimum Gasteiger partial charge on any atom is -0.488 e. The minimum absolute atomic E-state index is 0.140. The number of amides is 4. The number of anilines is 1. The smallest absolute Gasteiger partial charge is 0.335 e. The molecule has 1 saturated heterocycles. The van der Waals surface area contributed by atoms with Gasteiger partial charge in [-0.15, -0.1) is 0 Å². The van der Waals surface area contributed by atoms with Crippen LogP contribution in [0.2, 0.25) is 0 Å². The summed E-state index contributed by atoms with van der Waals surface area (Å²) in [5.74, 6) is -0.889. The van der Waals surface area contributed by atoms with E-state index in [2.05, 4.69) is 5.32 Å². The second kappa shape index (κ2) is 8.89. The van der Waals surface area contributed by atoms with Gasteiger partial charge in [-0.1, -0.05) is 66.2 Å². The van der Waals surface area contributed by atoms with Crippen LogP contribution in [-0.2, 0) is 16.2 Å². The summed E-state index contributed by atoms with van der Waals surface area (Å²) in [5.41, 5.74) is 3.76. The Hall–Kier alpha value is -4.19. The number of rotatable bonds is 5. The fourth-order valence-electron chi connectivity index (χ4n) is 3.42. The number of nitrogens with one attached hydrogen (secondary N) is 1. The van der Waals surface area contributed by atoms with E-state index in [-0.39, 0.29) is 5.57 Å². The molecule has 6 heteroatoms. The second-order valence-corrected chi connectivity index (χ2v) is 7.56. The summed E-state index contributed by atoms with van der Waals surface area (Å²) >= 11 is 0. The summed E-state index contributed by atoms with van der Waals surface area (Å²) in [6.07, 6.45) is 1.46. The van der Waals surface area contributed by atoms with Crippen molar-refractivity contribution >= 4 is 29.6 Å². The molecule has 0 atom stereocenters. The number of hydrogen-bond acceptors (Lipinski definition) is 4. The lowest BCUT2D eigenvalue weighted by Crippen LogP contribution is -2.54. The molecular weight excluding hydrogens is 404 g/mol. The highest BCUT2D eigenvalue weighted by Crippen LogP contribution is 2.27. The Morgan fingerprint density at radius 2 is 1.56 bits per heavy atom. The molecule has 1 aliphatic heterocycles. The summed E-state index contributed by atoms with van der Waals surface area (Å²) in [6, 6.07) is 21.4. The Labute approximate surface area is 186 Å². The number of imide groups is 2. The SMILES string of the molecule is Cc1ccc(COc2ccccc2/C=C2\C(=O)NC(=O)N(c3ccccc3C)C2=O)cc1. The van der Waals surface area contributed by atoms with Crippen LogP contribution in [0.3, 0.4) is 0 Å². The van der Waals surface area contributed by atoms with Crippen LogP contribution >= 0.6 is 0 Å². The monoisotopic (exact) mass is 426 g/mol. The molecule has 0 aliphatic carbocycles. The number of ether oxygens (including phenoxy) is 1. The molecular formula is C26H22N2O4. The standard InChI is InChI=1S/C26H22N2O4/c1-17-11-13-19(14-12-17)16-32-23-10-6-4-8-20(23)15-21-24(29)27-26(31)28(25(21)30)22-9-5-3-7-18(22)2/h3-15H,16H2,1-2H3,(H,27,29,31)/b21-15+. The lowest BCUT2D eigenvalue weighted by Gasteiger charge is -2.27. The summed E-state index contributed by atoms with van der Waals surface area (Å²) in [5, 5.41) is 2.26. The number of urea groups is 1. The van der Waals surface area contributed by atoms with Crippen LogP contribution in [0.25, 0.3) is 6.08 Å². The van der Waals surface area contributed by atoms with E-state index in [0.29, 0.717) is 23.6 Å². The highest BCUT2D eigenvalue weighted by molar-refractivity contribution is 6.39. The van der Waals surface area contributed by atoms with Crippen molar-refractivity contribution < 1.29 is 19.1 Å². The van der Waals surface area contributed by atoms with Crippen molar-refractivity contribution in [2.75, 3.05) is 4.90 Å². The first kappa shape index (κ1) is 21.1. The second-order valence-electron chi connectivity index (χ2n) is 7.56. The van der Waals surface area contributed by atoms with Crippen molar-refractivity contribution in [3.63, 3.8) is 0 Å². The van der Waals surface area contributed by atoms with Crippen LogP contribution in [0.5, 0.6) is 5.75 Å². The zero-order valence-corrected chi connectivity index (χ0v) is 17.8. The number of aryl methyl sites for hydroxylation is 2. The molecule has 0 saturated carbocycles. The van der Waals surface area contributed by atoms with Crippen LogP contribution in [0.4, 0.5) is 10.5 Å². The van der Waals surface area contributed by atoms with E-state index in [1.807, 2.05) is 43.3 Å². The number of hydrogen-bond donors (Lipinski definition) is 1. The molecule has 1 N–H and O–H groups in total. The Bertz CT molecular complexity index is 1230. The third-order valence-electron chi connectivity index (χ3n) is 5.19. The van der Waals surface area contributed by atoms with Crippen molar-refractivity contribution in [3.05, 3.63) is 101 Å². The minimum atomic E-state index is -0.768. The first-order valence-corrected chi connectivity index (χ1v) is 10.2. The van der Waals surface area contributed by atoms with Gasteiger partial charge in [0.05, 0.1) is 5.69 Å². The van der Waals surface area contributed by atoms with Crippen LogP contribution in [0.1, 0.15) is 22.3 Å². The fourth-order valence-corrected chi connectivity index (χ4v) is 3.42. The average molecular weight is 426 g/mol. The van der Waals surface area contributed by atoms with E-state index < -0.39 is 17.8 Å². The van der Waals surface area contributed by atoms with E-state index >= 15 is 0 Å². The van der Waals surface area contributed by atoms with Crippen molar-refractivity contribution in [3.8, 4) is 5.75 Å². The van der Waals surface area contributed by atoms with Crippen LogP contribution in [-0.4, -0.2) is 17.8 Å². The fraction of sp³-hybridized carbons (Fsp3) is 0.115. The van der Waals surface area contributed by atoms with Gasteiger partial charge in [-0.05, 0) is 43.2 Å². The third-order valence-corrected chi connectivity index (χ3v) is 5.19. The molecule has 0 radical (unpaired) electrons. The van der Waals surface area contributed by atoms with Gasteiger partial charge in [-0.2, -0.15) is 0 Å². The maximum absolute atomic E-state index is 13.2. The van der Waals surface area contributed by atoms with Gasteiger partial charge in [0, 0.05) is 5.56 Å². The number of carbonyl (C=O) groups excluding carboxylic acids is 3. The van der Waals surface area contributed by atoms with E-state index in [1.54, 1.807) is 43.3 Å². The van der Waals surface area contributed by atoms with Gasteiger partial charge in [0.2, 0.25) is 0 Å². The first-order valence-electron chi connectivity index (χ1n) is 10.2. The third kappa shape index (κ3) is 4.30. The van der Waals surface area contributed by atoms with Gasteiger partial charge in [0.25, 0.3) is 11.8 Å². The van der Waals surface area contributed by atoms with E-state index in [0.717, 1.165) is 21.6 Å². The topological polar surface area (TPSA) is 75.7 Å². The number of para-hydroxylation sites is 2. The van der Waals surface area contributed by atoms with Crippen molar-refractivity contribution in [1.82, 2.24) is 5.32 Å². The normalized spacial score (nSPS) is 15.1. The molecule has 4 amide bonds. The van der Waals surface area contributed by atoms with Crippen molar-refractivity contribution in [1.29, 1.82) is 0 Å². The van der Waals surface area contributed by atoms with Gasteiger partial charge < -0.3 is 4.74 Å². The Kier molecular flexibility index (Phi) is 5.85. The lowest BCUT2D eigenvalue weighted by atomic mass is 10.0. The Morgan fingerprint density at radius 3 is 2.31 bits per heavy atom. The molecule has 6 nitrogen and oxygen atoms in total. The highest BCUT2D eigenvalue weighted by Gasteiger charge is 2.37. The largest absolute Gasteiger partial charge is 0.488 e. The summed E-state index contributed by atoms with van der Waals surface area (Å²) in [4.78, 5) is 39.1. The van der Waals surface area contributed by atoms with Crippen LogP contribution < -0.4 is 15.0 Å². The van der Waals surface area contributed by atoms with Gasteiger partial charge in [0.15, 0.2) is 0 Å². The molecule has 3 aromatic carbocycles. The molecule has 1 fully saturated rings. The zero-order chi connectivity index (χ0) is 22.7. The van der Waals surface area contributed by atoms with Crippen molar-refractivity contribution in [2.45, 2.75) is 20.5 Å². The van der Waals surface area contributed by atoms with E-state index in [9.17, 15) is 14.4 Å². The average Bonchev–Trinajstić information content (AvgIpc) is 2.78. The quantitative estimate of drug-likeness (QED) is 0.480. The van der Waals surface area contributed by atoms with Gasteiger partial charge >= 0.3 is 6.03 Å². The Balaban J connectivity index is 1.64. The zero-order valence-electron chi connectivity index (χ0n) is 17.8. The summed E-state index contributed by atoms with van der Waals surface area (Å²) in [6.45, 7) is 4.15. The lowest BCUT2D eigenvalue weighted by molar-refractivity contribution is -0.122. The maximum Gasteiger partial charge on any atom is 0.335 e. The number of carbonyl (C=O) groups is 3.